The summed E-state index contributed by atoms with van der Waals surface area (Å²) in [4.78, 5) is 4.40. The van der Waals surface area contributed by atoms with E-state index in [1.807, 2.05) is 0 Å². The van der Waals surface area contributed by atoms with E-state index in [1.165, 1.54) is 6.07 Å². The molecule has 0 spiro atoms. The van der Waals surface area contributed by atoms with Gasteiger partial charge in [0.05, 0.1) is 5.52 Å². The molecule has 0 saturated heterocycles. The number of hydrogen-bond donors (Lipinski definition) is 0. The highest BCUT2D eigenvalue weighted by molar-refractivity contribution is 6.17. The molecule has 20 heavy (non-hydrogen) atoms. The molecule has 0 aliphatic heterocycles. The van der Waals surface area contributed by atoms with Crippen molar-refractivity contribution < 1.29 is 8.78 Å². The molecule has 5 heteroatoms. The Morgan fingerprint density at radius 3 is 2.55 bits per heavy atom. The summed E-state index contributed by atoms with van der Waals surface area (Å²) in [5.41, 5.74) is 0.756. The number of imidazole rings is 1. The Morgan fingerprint density at radius 2 is 1.95 bits per heavy atom. The van der Waals surface area contributed by atoms with Crippen LogP contribution >= 0.6 is 11.6 Å². The monoisotopic (exact) mass is 300 g/mol. The van der Waals surface area contributed by atoms with Crippen molar-refractivity contribution in [2.45, 2.75) is 39.7 Å². The molecule has 0 amide bonds. The summed E-state index contributed by atoms with van der Waals surface area (Å²) in [6.45, 7) is 4.85. The Kier molecular flexibility index (Phi) is 4.97. The molecule has 1 heterocycles. The summed E-state index contributed by atoms with van der Waals surface area (Å²) in [6, 6.07) is 2.64. The third-order valence-corrected chi connectivity index (χ3v) is 3.98. The summed E-state index contributed by atoms with van der Waals surface area (Å²) >= 11 is 5.79. The second-order valence-electron chi connectivity index (χ2n) is 4.99. The van der Waals surface area contributed by atoms with Crippen molar-refractivity contribution in [3.05, 3.63) is 29.6 Å². The number of aromatic nitrogens is 2. The minimum atomic E-state index is -0.833. The van der Waals surface area contributed by atoms with Gasteiger partial charge in [-0.3, -0.25) is 0 Å². The van der Waals surface area contributed by atoms with Crippen molar-refractivity contribution >= 4 is 22.6 Å². The minimum absolute atomic E-state index is 0.261. The van der Waals surface area contributed by atoms with Gasteiger partial charge < -0.3 is 4.57 Å². The summed E-state index contributed by atoms with van der Waals surface area (Å²) in [6.07, 6.45) is 2.54. The zero-order valence-electron chi connectivity index (χ0n) is 11.8. The Balaban J connectivity index is 2.57. The van der Waals surface area contributed by atoms with Crippen LogP contribution in [0.5, 0.6) is 0 Å². The number of nitrogens with zero attached hydrogens (tertiary/aromatic N) is 2. The number of aryl methyl sites for hydroxylation is 1. The average Bonchev–Trinajstić information content (AvgIpc) is 2.79. The molecule has 2 nitrogen and oxygen atoms in total. The third-order valence-electron chi connectivity index (χ3n) is 3.79. The number of rotatable bonds is 6. The summed E-state index contributed by atoms with van der Waals surface area (Å²) in [5, 5.41) is 0. The molecule has 0 unspecified atom stereocenters. The molecule has 0 saturated carbocycles. The van der Waals surface area contributed by atoms with Crippen LogP contribution in [0, 0.1) is 17.6 Å². The molecular formula is C15H19ClF2N2. The Bertz CT molecular complexity index is 591. The fourth-order valence-electron chi connectivity index (χ4n) is 2.48. The molecule has 1 aromatic carbocycles. The maximum Gasteiger partial charge on any atom is 0.184 e. The van der Waals surface area contributed by atoms with Gasteiger partial charge in [-0.25, -0.2) is 13.8 Å². The lowest BCUT2D eigenvalue weighted by Gasteiger charge is -2.16. The lowest BCUT2D eigenvalue weighted by atomic mass is 10.0. The van der Waals surface area contributed by atoms with E-state index in [0.29, 0.717) is 30.3 Å². The van der Waals surface area contributed by atoms with Crippen molar-refractivity contribution in [2.75, 3.05) is 5.88 Å². The minimum Gasteiger partial charge on any atom is -0.325 e. The van der Waals surface area contributed by atoms with Crippen LogP contribution < -0.4 is 0 Å². The van der Waals surface area contributed by atoms with Gasteiger partial charge in [0, 0.05) is 18.8 Å². The second-order valence-corrected chi connectivity index (χ2v) is 5.37. The highest BCUT2D eigenvalue weighted by Gasteiger charge is 2.18. The van der Waals surface area contributed by atoms with Crippen LogP contribution in [0.25, 0.3) is 11.0 Å². The van der Waals surface area contributed by atoms with E-state index in [-0.39, 0.29) is 5.52 Å². The van der Waals surface area contributed by atoms with Crippen molar-refractivity contribution in [1.82, 2.24) is 9.55 Å². The van der Waals surface area contributed by atoms with Crippen LogP contribution in [0.15, 0.2) is 12.1 Å². The zero-order chi connectivity index (χ0) is 14.7. The van der Waals surface area contributed by atoms with Gasteiger partial charge in [0.1, 0.15) is 11.3 Å². The van der Waals surface area contributed by atoms with Crippen LogP contribution in [0.3, 0.4) is 0 Å². The van der Waals surface area contributed by atoms with Crippen molar-refractivity contribution in [2.24, 2.45) is 5.92 Å². The molecule has 0 aliphatic rings. The molecule has 1 aromatic heterocycles. The Hall–Kier alpha value is -1.16. The van der Waals surface area contributed by atoms with E-state index in [4.69, 9.17) is 11.6 Å². The molecule has 2 rings (SSSR count). The maximum atomic E-state index is 14.1. The quantitative estimate of drug-likeness (QED) is 0.717. The molecule has 2 aromatic rings. The van der Waals surface area contributed by atoms with E-state index in [1.54, 1.807) is 4.57 Å². The van der Waals surface area contributed by atoms with Crippen LogP contribution in [0.2, 0.25) is 0 Å². The average molecular weight is 301 g/mol. The topological polar surface area (TPSA) is 17.8 Å². The van der Waals surface area contributed by atoms with E-state index in [9.17, 15) is 8.78 Å². The maximum absolute atomic E-state index is 14.1. The summed E-state index contributed by atoms with van der Waals surface area (Å²) in [5.74, 6) is -0.0889. The molecule has 0 atom stereocenters. The molecule has 0 bridgehead atoms. The zero-order valence-corrected chi connectivity index (χ0v) is 12.6. The fraction of sp³-hybridized carbons (Fsp3) is 0.533. The largest absolute Gasteiger partial charge is 0.325 e. The Labute approximate surface area is 122 Å². The van der Waals surface area contributed by atoms with Crippen LogP contribution in [0.4, 0.5) is 8.78 Å². The van der Waals surface area contributed by atoms with E-state index < -0.39 is 11.6 Å². The first-order valence-electron chi connectivity index (χ1n) is 7.01. The normalized spacial score (nSPS) is 11.7. The van der Waals surface area contributed by atoms with Crippen LogP contribution in [-0.2, 0) is 13.0 Å². The number of hydrogen-bond acceptors (Lipinski definition) is 1. The standard InChI is InChI=1S/C15H19ClF2N2/c1-3-10(4-2)9-20-13(7-8-16)19-12-6-5-11(17)14(18)15(12)20/h5-6,10H,3-4,7-9H2,1-2H3. The van der Waals surface area contributed by atoms with Crippen molar-refractivity contribution in [3.8, 4) is 0 Å². The summed E-state index contributed by atoms with van der Waals surface area (Å²) in [7, 11) is 0. The molecule has 110 valence electrons. The lowest BCUT2D eigenvalue weighted by molar-refractivity contribution is 0.413. The number of alkyl halides is 1. The predicted molar refractivity (Wildman–Crippen MR) is 78.1 cm³/mol. The van der Waals surface area contributed by atoms with E-state index in [0.717, 1.165) is 24.7 Å². The summed E-state index contributed by atoms with van der Waals surface area (Å²) < 4.78 is 29.4. The third kappa shape index (κ3) is 2.80. The SMILES string of the molecule is CCC(CC)Cn1c(CCCl)nc2ccc(F)c(F)c21. The van der Waals surface area contributed by atoms with Gasteiger partial charge in [-0.05, 0) is 18.1 Å². The number of fused-ring (bicyclic) bond motifs is 1. The first-order valence-corrected chi connectivity index (χ1v) is 7.54. The highest BCUT2D eigenvalue weighted by Crippen LogP contribution is 2.25. The fourth-order valence-corrected chi connectivity index (χ4v) is 2.65. The van der Waals surface area contributed by atoms with Crippen molar-refractivity contribution in [3.63, 3.8) is 0 Å². The first kappa shape index (κ1) is 15.2. The van der Waals surface area contributed by atoms with Gasteiger partial charge >= 0.3 is 0 Å². The number of halogens is 3. The van der Waals surface area contributed by atoms with Crippen LogP contribution in [-0.4, -0.2) is 15.4 Å². The van der Waals surface area contributed by atoms with Gasteiger partial charge in [0.25, 0.3) is 0 Å². The van der Waals surface area contributed by atoms with E-state index >= 15 is 0 Å². The molecular weight excluding hydrogens is 282 g/mol. The molecule has 0 fully saturated rings. The van der Waals surface area contributed by atoms with Gasteiger partial charge in [0.15, 0.2) is 11.6 Å². The molecule has 0 N–H and O–H groups in total. The highest BCUT2D eigenvalue weighted by atomic mass is 35.5. The predicted octanol–water partition coefficient (Wildman–Crippen LogP) is 4.53. The second kappa shape index (κ2) is 6.53. The van der Waals surface area contributed by atoms with Gasteiger partial charge in [-0.1, -0.05) is 26.7 Å². The van der Waals surface area contributed by atoms with Crippen LogP contribution in [0.1, 0.15) is 32.5 Å². The van der Waals surface area contributed by atoms with Crippen molar-refractivity contribution in [1.29, 1.82) is 0 Å². The number of benzene rings is 1. The van der Waals surface area contributed by atoms with E-state index in [2.05, 4.69) is 18.8 Å². The van der Waals surface area contributed by atoms with Gasteiger partial charge in [-0.15, -0.1) is 11.6 Å². The first-order chi connectivity index (χ1) is 9.62. The van der Waals surface area contributed by atoms with Gasteiger partial charge in [0.2, 0.25) is 0 Å². The molecule has 0 radical (unpaired) electrons. The van der Waals surface area contributed by atoms with Gasteiger partial charge in [-0.2, -0.15) is 0 Å². The smallest absolute Gasteiger partial charge is 0.184 e. The molecule has 0 aliphatic carbocycles. The Morgan fingerprint density at radius 1 is 1.25 bits per heavy atom. The lowest BCUT2D eigenvalue weighted by Crippen LogP contribution is -2.13.